The Morgan fingerprint density at radius 3 is 2.58 bits per heavy atom. The van der Waals surface area contributed by atoms with Gasteiger partial charge in [0.1, 0.15) is 0 Å². The van der Waals surface area contributed by atoms with Gasteiger partial charge in [-0.2, -0.15) is 0 Å². The van der Waals surface area contributed by atoms with Gasteiger partial charge in [-0.25, -0.2) is 0 Å². The van der Waals surface area contributed by atoms with E-state index in [0.29, 0.717) is 6.54 Å². The third-order valence-electron chi connectivity index (χ3n) is 3.51. The van der Waals surface area contributed by atoms with Crippen LogP contribution in [0.25, 0.3) is 10.8 Å². The zero-order valence-corrected chi connectivity index (χ0v) is 11.4. The Balaban J connectivity index is 0.00000133. The molecule has 2 aromatic carbocycles. The highest BCUT2D eigenvalue weighted by Crippen LogP contribution is 2.18. The summed E-state index contributed by atoms with van der Waals surface area (Å²) in [6, 6.07) is 14.1. The molecule has 0 unspecified atom stereocenters. The molecule has 1 aliphatic rings. The smallest absolute Gasteiger partial charge is 0.253 e. The van der Waals surface area contributed by atoms with Crippen LogP contribution in [0.5, 0.6) is 0 Å². The minimum absolute atomic E-state index is 0. The standard InChI is InChI=1S/C15H16N2O.ClH/c16-14-7-8-17(10-14)15(18)13-6-5-11-3-1-2-4-12(11)9-13;/h1-6,9,14H,7-8,10,16H2;1H/t14-;/m1./s1. The van der Waals surface area contributed by atoms with Crippen molar-refractivity contribution in [1.29, 1.82) is 0 Å². The van der Waals surface area contributed by atoms with Crippen LogP contribution in [0.1, 0.15) is 16.8 Å². The van der Waals surface area contributed by atoms with Gasteiger partial charge >= 0.3 is 0 Å². The Hall–Kier alpha value is -1.58. The third kappa shape index (κ3) is 2.72. The zero-order chi connectivity index (χ0) is 12.5. The molecule has 1 atom stereocenters. The van der Waals surface area contributed by atoms with Gasteiger partial charge in [0, 0.05) is 24.7 Å². The molecule has 2 N–H and O–H groups in total. The van der Waals surface area contributed by atoms with Crippen LogP contribution in [0.3, 0.4) is 0 Å². The van der Waals surface area contributed by atoms with Crippen molar-refractivity contribution in [3.63, 3.8) is 0 Å². The number of halogens is 1. The average molecular weight is 277 g/mol. The van der Waals surface area contributed by atoms with E-state index in [9.17, 15) is 4.79 Å². The molecule has 1 fully saturated rings. The lowest BCUT2D eigenvalue weighted by Gasteiger charge is -2.16. The van der Waals surface area contributed by atoms with Gasteiger partial charge in [-0.15, -0.1) is 12.4 Å². The molecular weight excluding hydrogens is 260 g/mol. The molecule has 100 valence electrons. The number of carbonyl (C=O) groups excluding carboxylic acids is 1. The fraction of sp³-hybridized carbons (Fsp3) is 0.267. The molecule has 0 saturated carbocycles. The molecule has 0 spiro atoms. The molecule has 0 bridgehead atoms. The van der Waals surface area contributed by atoms with Gasteiger partial charge < -0.3 is 10.6 Å². The van der Waals surface area contributed by atoms with Gasteiger partial charge in [-0.05, 0) is 29.3 Å². The number of amides is 1. The zero-order valence-electron chi connectivity index (χ0n) is 10.6. The Morgan fingerprint density at radius 1 is 1.16 bits per heavy atom. The Labute approximate surface area is 118 Å². The van der Waals surface area contributed by atoms with E-state index in [2.05, 4.69) is 6.07 Å². The Bertz CT molecular complexity index is 599. The molecule has 4 heteroatoms. The van der Waals surface area contributed by atoms with Gasteiger partial charge in [0.25, 0.3) is 5.91 Å². The summed E-state index contributed by atoms with van der Waals surface area (Å²) in [5.74, 6) is 0.0914. The van der Waals surface area contributed by atoms with Crippen LogP contribution in [0.2, 0.25) is 0 Å². The van der Waals surface area contributed by atoms with Gasteiger partial charge in [-0.3, -0.25) is 4.79 Å². The SMILES string of the molecule is Cl.N[C@@H]1CCN(C(=O)c2ccc3ccccc3c2)C1. The molecule has 19 heavy (non-hydrogen) atoms. The normalized spacial score (nSPS) is 18.4. The number of nitrogens with zero attached hydrogens (tertiary/aromatic N) is 1. The van der Waals surface area contributed by atoms with E-state index < -0.39 is 0 Å². The van der Waals surface area contributed by atoms with E-state index >= 15 is 0 Å². The lowest BCUT2D eigenvalue weighted by molar-refractivity contribution is 0.0791. The van der Waals surface area contributed by atoms with Crippen LogP contribution in [0, 0.1) is 0 Å². The Morgan fingerprint density at radius 2 is 1.89 bits per heavy atom. The maximum Gasteiger partial charge on any atom is 0.253 e. The van der Waals surface area contributed by atoms with Crippen LogP contribution < -0.4 is 5.73 Å². The van der Waals surface area contributed by atoms with Gasteiger partial charge in [-0.1, -0.05) is 30.3 Å². The van der Waals surface area contributed by atoms with E-state index in [4.69, 9.17) is 5.73 Å². The number of hydrogen-bond donors (Lipinski definition) is 1. The lowest BCUT2D eigenvalue weighted by Crippen LogP contribution is -2.31. The second-order valence-electron chi connectivity index (χ2n) is 4.86. The minimum atomic E-state index is 0. The molecule has 0 aliphatic carbocycles. The summed E-state index contributed by atoms with van der Waals surface area (Å²) in [5, 5.41) is 2.26. The number of carbonyl (C=O) groups is 1. The van der Waals surface area contributed by atoms with Crippen LogP contribution in [-0.4, -0.2) is 29.9 Å². The molecule has 3 nitrogen and oxygen atoms in total. The average Bonchev–Trinajstić information content (AvgIpc) is 2.84. The molecule has 1 heterocycles. The number of rotatable bonds is 1. The summed E-state index contributed by atoms with van der Waals surface area (Å²) in [6.07, 6.45) is 0.902. The summed E-state index contributed by atoms with van der Waals surface area (Å²) in [5.41, 5.74) is 6.59. The number of hydrogen-bond acceptors (Lipinski definition) is 2. The molecule has 2 aromatic rings. The summed E-state index contributed by atoms with van der Waals surface area (Å²) in [4.78, 5) is 14.1. The highest BCUT2D eigenvalue weighted by Gasteiger charge is 2.24. The maximum absolute atomic E-state index is 12.3. The molecule has 0 radical (unpaired) electrons. The van der Waals surface area contributed by atoms with Crippen molar-refractivity contribution in [2.75, 3.05) is 13.1 Å². The molecule has 1 aliphatic heterocycles. The van der Waals surface area contributed by atoms with Crippen molar-refractivity contribution in [2.24, 2.45) is 5.73 Å². The van der Waals surface area contributed by atoms with Crippen LogP contribution in [0.4, 0.5) is 0 Å². The second kappa shape index (κ2) is 5.59. The van der Waals surface area contributed by atoms with Crippen LogP contribution >= 0.6 is 12.4 Å². The molecule has 0 aromatic heterocycles. The van der Waals surface area contributed by atoms with Gasteiger partial charge in [0.2, 0.25) is 0 Å². The third-order valence-corrected chi connectivity index (χ3v) is 3.51. The summed E-state index contributed by atoms with van der Waals surface area (Å²) in [6.45, 7) is 1.44. The maximum atomic E-state index is 12.3. The summed E-state index contributed by atoms with van der Waals surface area (Å²) in [7, 11) is 0. The van der Waals surface area contributed by atoms with E-state index in [0.717, 1.165) is 29.3 Å². The first-order chi connectivity index (χ1) is 8.74. The predicted molar refractivity (Wildman–Crippen MR) is 79.7 cm³/mol. The monoisotopic (exact) mass is 276 g/mol. The molecule has 1 amide bonds. The van der Waals surface area contributed by atoms with E-state index in [-0.39, 0.29) is 24.4 Å². The Kier molecular flexibility index (Phi) is 4.08. The van der Waals surface area contributed by atoms with E-state index in [1.807, 2.05) is 41.3 Å². The first-order valence-corrected chi connectivity index (χ1v) is 6.28. The summed E-state index contributed by atoms with van der Waals surface area (Å²) < 4.78 is 0. The first-order valence-electron chi connectivity index (χ1n) is 6.28. The lowest BCUT2D eigenvalue weighted by atomic mass is 10.1. The van der Waals surface area contributed by atoms with E-state index in [1.165, 1.54) is 0 Å². The number of fused-ring (bicyclic) bond motifs is 1. The van der Waals surface area contributed by atoms with Crippen LogP contribution in [-0.2, 0) is 0 Å². The number of nitrogens with two attached hydrogens (primary N) is 1. The first kappa shape index (κ1) is 13.8. The fourth-order valence-corrected chi connectivity index (χ4v) is 2.48. The molecule has 3 rings (SSSR count). The topological polar surface area (TPSA) is 46.3 Å². The van der Waals surface area contributed by atoms with Gasteiger partial charge in [0.15, 0.2) is 0 Å². The molecular formula is C15H17ClN2O. The molecule has 1 saturated heterocycles. The van der Waals surface area contributed by atoms with Crippen molar-refractivity contribution >= 4 is 29.1 Å². The number of likely N-dealkylation sites (tertiary alicyclic amines) is 1. The van der Waals surface area contributed by atoms with Crippen molar-refractivity contribution in [2.45, 2.75) is 12.5 Å². The highest BCUT2D eigenvalue weighted by molar-refractivity contribution is 5.98. The number of benzene rings is 2. The largest absolute Gasteiger partial charge is 0.337 e. The fourth-order valence-electron chi connectivity index (χ4n) is 2.48. The summed E-state index contributed by atoms with van der Waals surface area (Å²) >= 11 is 0. The van der Waals surface area contributed by atoms with Crippen molar-refractivity contribution < 1.29 is 4.79 Å². The van der Waals surface area contributed by atoms with Crippen molar-refractivity contribution in [3.8, 4) is 0 Å². The quantitative estimate of drug-likeness (QED) is 0.870. The highest BCUT2D eigenvalue weighted by atomic mass is 35.5. The second-order valence-corrected chi connectivity index (χ2v) is 4.86. The van der Waals surface area contributed by atoms with E-state index in [1.54, 1.807) is 0 Å². The van der Waals surface area contributed by atoms with Crippen LogP contribution in [0.15, 0.2) is 42.5 Å². The van der Waals surface area contributed by atoms with Gasteiger partial charge in [0.05, 0.1) is 0 Å². The minimum Gasteiger partial charge on any atom is -0.337 e. The van der Waals surface area contributed by atoms with Crippen molar-refractivity contribution in [3.05, 3.63) is 48.0 Å². The predicted octanol–water partition coefficient (Wildman–Crippen LogP) is 2.43. The van der Waals surface area contributed by atoms with Crippen molar-refractivity contribution in [1.82, 2.24) is 4.90 Å².